The van der Waals surface area contributed by atoms with E-state index in [4.69, 9.17) is 9.51 Å². The van der Waals surface area contributed by atoms with Crippen molar-refractivity contribution in [2.24, 2.45) is 5.92 Å². The number of aryl methyl sites for hydroxylation is 1. The van der Waals surface area contributed by atoms with Gasteiger partial charge in [-0.1, -0.05) is 44.1 Å². The van der Waals surface area contributed by atoms with Crippen LogP contribution in [0.25, 0.3) is 33.5 Å². The Labute approximate surface area is 371 Å². The maximum Gasteiger partial charge on any atom is 0.328 e. The molecule has 4 amide bonds. The first-order valence-corrected chi connectivity index (χ1v) is 22.2. The number of piperidine rings is 2. The number of pyridine rings is 2. The summed E-state index contributed by atoms with van der Waals surface area (Å²) in [7, 11) is 0. The maximum absolute atomic E-state index is 12.9. The van der Waals surface area contributed by atoms with Crippen molar-refractivity contribution in [2.75, 3.05) is 49.1 Å². The second-order valence-corrected chi connectivity index (χ2v) is 18.6. The number of carbonyl (C=O) groups excluding carboxylic acids is 3. The summed E-state index contributed by atoms with van der Waals surface area (Å²) in [5.74, 6) is 0.356. The zero-order valence-electron chi connectivity index (χ0n) is 37.0. The molecule has 16 nitrogen and oxygen atoms in total. The summed E-state index contributed by atoms with van der Waals surface area (Å²) in [4.78, 5) is 57.0. The summed E-state index contributed by atoms with van der Waals surface area (Å²) < 4.78 is 5.24. The van der Waals surface area contributed by atoms with E-state index in [0.29, 0.717) is 43.2 Å². The number of likely N-dealkylation sites (tertiary alicyclic amines) is 1. The highest BCUT2D eigenvalue weighted by Crippen LogP contribution is 2.36. The fourth-order valence-electron chi connectivity index (χ4n) is 9.16. The van der Waals surface area contributed by atoms with Gasteiger partial charge in [0.1, 0.15) is 0 Å². The molecule has 3 aliphatic heterocycles. The van der Waals surface area contributed by atoms with Crippen LogP contribution in [0.1, 0.15) is 99.0 Å². The molecule has 3 aliphatic rings. The molecule has 0 spiro atoms. The number of nitrogens with one attached hydrogen (secondary N) is 3. The molecular formula is C48H55N11O5. The van der Waals surface area contributed by atoms with E-state index in [9.17, 15) is 19.5 Å². The Morgan fingerprint density at radius 3 is 2.36 bits per heavy atom. The van der Waals surface area contributed by atoms with Gasteiger partial charge in [-0.3, -0.25) is 29.9 Å². The van der Waals surface area contributed by atoms with Gasteiger partial charge in [-0.25, -0.2) is 9.78 Å². The fourth-order valence-corrected chi connectivity index (χ4v) is 9.16. The van der Waals surface area contributed by atoms with Crippen molar-refractivity contribution in [1.29, 1.82) is 0 Å². The molecule has 6 aromatic rings. The second kappa shape index (κ2) is 17.2. The van der Waals surface area contributed by atoms with E-state index in [0.717, 1.165) is 102 Å². The maximum atomic E-state index is 12.9. The summed E-state index contributed by atoms with van der Waals surface area (Å²) in [6, 6.07) is 19.4. The summed E-state index contributed by atoms with van der Waals surface area (Å²) in [5, 5.41) is 29.7. The molecule has 3 fully saturated rings. The smallest absolute Gasteiger partial charge is 0.328 e. The second-order valence-electron chi connectivity index (χ2n) is 18.6. The third-order valence-corrected chi connectivity index (χ3v) is 13.1. The highest BCUT2D eigenvalue weighted by atomic mass is 16.5. The van der Waals surface area contributed by atoms with Crippen LogP contribution in [0, 0.1) is 12.8 Å². The molecule has 1 atom stereocenters. The van der Waals surface area contributed by atoms with E-state index in [1.807, 2.05) is 77.1 Å². The molecule has 0 bridgehead atoms. The number of H-pyrrole nitrogens is 1. The van der Waals surface area contributed by atoms with Crippen molar-refractivity contribution in [3.8, 4) is 22.5 Å². The van der Waals surface area contributed by atoms with E-state index in [1.165, 1.54) is 0 Å². The average molecular weight is 866 g/mol. The average Bonchev–Trinajstić information content (AvgIpc) is 3.97. The first-order valence-electron chi connectivity index (χ1n) is 22.2. The van der Waals surface area contributed by atoms with Gasteiger partial charge < -0.3 is 24.7 Å². The number of hydrogen-bond donors (Lipinski definition) is 4. The predicted octanol–water partition coefficient (Wildman–Crippen LogP) is 6.81. The van der Waals surface area contributed by atoms with Gasteiger partial charge in [-0.15, -0.1) is 0 Å². The number of hydrogen-bond acceptors (Lipinski definition) is 12. The summed E-state index contributed by atoms with van der Waals surface area (Å²) in [6.45, 7) is 14.8. The highest BCUT2D eigenvalue weighted by molar-refractivity contribution is 6.05. The Morgan fingerprint density at radius 1 is 0.938 bits per heavy atom. The van der Waals surface area contributed by atoms with Gasteiger partial charge in [-0.2, -0.15) is 10.1 Å². The molecule has 9 rings (SSSR count). The zero-order chi connectivity index (χ0) is 44.8. The first-order chi connectivity index (χ1) is 30.7. The van der Waals surface area contributed by atoms with Crippen LogP contribution in [-0.2, 0) is 15.8 Å². The van der Waals surface area contributed by atoms with Crippen molar-refractivity contribution in [2.45, 2.75) is 83.8 Å². The lowest BCUT2D eigenvalue weighted by Crippen LogP contribution is -2.49. The number of benzene rings is 2. The van der Waals surface area contributed by atoms with E-state index in [-0.39, 0.29) is 29.3 Å². The summed E-state index contributed by atoms with van der Waals surface area (Å²) in [6.07, 6.45) is 7.38. The topological polar surface area (TPSA) is 199 Å². The molecule has 7 heterocycles. The number of nitrogens with zero attached hydrogens (tertiary/aromatic N) is 8. The normalized spacial score (nSPS) is 18.0. The lowest BCUT2D eigenvalue weighted by atomic mass is 9.84. The van der Waals surface area contributed by atoms with Gasteiger partial charge in [0.05, 0.1) is 23.0 Å². The summed E-state index contributed by atoms with van der Waals surface area (Å²) >= 11 is 0. The van der Waals surface area contributed by atoms with Crippen LogP contribution in [0.2, 0.25) is 0 Å². The molecule has 0 aliphatic carbocycles. The number of aromatic amines is 1. The number of imide groups is 1. The van der Waals surface area contributed by atoms with E-state index >= 15 is 0 Å². The van der Waals surface area contributed by atoms with E-state index in [1.54, 1.807) is 17.3 Å². The van der Waals surface area contributed by atoms with Crippen LogP contribution < -0.4 is 20.4 Å². The molecule has 332 valence electrons. The Bertz CT molecular complexity index is 2670. The largest absolute Gasteiger partial charge is 0.385 e. The van der Waals surface area contributed by atoms with Crippen LogP contribution >= 0.6 is 0 Å². The Morgan fingerprint density at radius 2 is 1.69 bits per heavy atom. The van der Waals surface area contributed by atoms with E-state index < -0.39 is 11.5 Å². The van der Waals surface area contributed by atoms with Crippen LogP contribution in [-0.4, -0.2) is 97.4 Å². The predicted molar refractivity (Wildman–Crippen MR) is 243 cm³/mol. The summed E-state index contributed by atoms with van der Waals surface area (Å²) in [5.41, 5.74) is 7.41. The highest BCUT2D eigenvalue weighted by Gasteiger charge is 2.35. The van der Waals surface area contributed by atoms with Crippen molar-refractivity contribution >= 4 is 40.3 Å². The number of fused-ring (bicyclic) bond motifs is 1. The molecular weight excluding hydrogens is 811 g/mol. The Balaban J connectivity index is 0.782. The van der Waals surface area contributed by atoms with Crippen LogP contribution in [0.3, 0.4) is 0 Å². The van der Waals surface area contributed by atoms with Gasteiger partial charge in [0.2, 0.25) is 5.91 Å². The minimum atomic E-state index is -0.936. The number of amides is 4. The van der Waals surface area contributed by atoms with E-state index in [2.05, 4.69) is 64.0 Å². The van der Waals surface area contributed by atoms with Gasteiger partial charge in [0.25, 0.3) is 0 Å². The Hall–Kier alpha value is -6.52. The number of aliphatic hydroxyl groups is 1. The third-order valence-electron chi connectivity index (χ3n) is 13.1. The molecule has 4 N–H and O–H groups in total. The molecule has 16 heteroatoms. The van der Waals surface area contributed by atoms with Gasteiger partial charge in [0.15, 0.2) is 11.5 Å². The monoisotopic (exact) mass is 865 g/mol. The van der Waals surface area contributed by atoms with Crippen molar-refractivity contribution in [1.82, 2.24) is 45.8 Å². The molecule has 4 aromatic heterocycles. The quantitative estimate of drug-likeness (QED) is 0.112. The first kappa shape index (κ1) is 42.8. The minimum Gasteiger partial charge on any atom is -0.385 e. The molecule has 0 unspecified atom stereocenters. The Kier molecular flexibility index (Phi) is 11.5. The molecule has 2 aromatic carbocycles. The molecule has 0 saturated carbocycles. The SMILES string of the molecule is Cc1cc(-c2[nH]nc3ncc(-c4ccc(C5(O)CCN(CC6CCN(c7ccc(N8CCC(=O)NC8=O)cc7)CC6)CC5)cn4)cc23)ccc1[C@@H](C)NC(=O)c1nc(C(C)(C)C)no1. The minimum absolute atomic E-state index is 0.0608. The number of rotatable bonds is 10. The van der Waals surface area contributed by atoms with Crippen LogP contribution in [0.15, 0.2) is 77.6 Å². The van der Waals surface area contributed by atoms with Crippen molar-refractivity contribution in [3.63, 3.8) is 0 Å². The zero-order valence-corrected chi connectivity index (χ0v) is 37.0. The molecule has 3 saturated heterocycles. The third kappa shape index (κ3) is 8.84. The van der Waals surface area contributed by atoms with Crippen molar-refractivity contribution < 1.29 is 24.0 Å². The van der Waals surface area contributed by atoms with Gasteiger partial charge in [0, 0.05) is 96.9 Å². The lowest BCUT2D eigenvalue weighted by molar-refractivity contribution is -0.120. The number of carbonyl (C=O) groups is 3. The lowest BCUT2D eigenvalue weighted by Gasteiger charge is -2.41. The van der Waals surface area contributed by atoms with Crippen molar-refractivity contribution in [3.05, 3.63) is 101 Å². The number of anilines is 2. The number of urea groups is 1. The number of aromatic nitrogens is 6. The standard InChI is InChI=1S/C48H55N11O5/c1-29-24-32(6-12-37(29)30(2)51-43(61)44-53-45(56-64-44)47(3,4)5)41-38-25-33(26-50-42(38)55-54-41)39-13-7-34(27-49-39)48(63)17-22-57(23-18-48)28-31-14-19-58(20-15-31)35-8-10-36(11-9-35)59-21-16-40(60)52-46(59)62/h6-13,24-27,30-31,63H,14-23,28H2,1-5H3,(H,51,61)(H,50,54,55)(H,52,60,62)/t30-/m1/s1. The van der Waals surface area contributed by atoms with Gasteiger partial charge >= 0.3 is 17.8 Å². The van der Waals surface area contributed by atoms with Crippen LogP contribution in [0.5, 0.6) is 0 Å². The molecule has 64 heavy (non-hydrogen) atoms. The van der Waals surface area contributed by atoms with Crippen LogP contribution in [0.4, 0.5) is 16.2 Å². The fraction of sp³-hybridized carbons (Fsp3) is 0.417. The van der Waals surface area contributed by atoms with Gasteiger partial charge in [-0.05, 0) is 99.0 Å². The molecule has 0 radical (unpaired) electrons.